The van der Waals surface area contributed by atoms with Gasteiger partial charge in [-0.05, 0) is 36.4 Å². The molecule has 8 nitrogen and oxygen atoms in total. The van der Waals surface area contributed by atoms with Gasteiger partial charge in [0.15, 0.2) is 0 Å². The number of rotatable bonds is 6. The summed E-state index contributed by atoms with van der Waals surface area (Å²) >= 11 is 5.86. The van der Waals surface area contributed by atoms with Gasteiger partial charge in [-0.1, -0.05) is 11.6 Å². The molecule has 3 rings (SSSR count). The minimum Gasteiger partial charge on any atom is -0.497 e. The van der Waals surface area contributed by atoms with Crippen LogP contribution in [0.5, 0.6) is 5.75 Å². The summed E-state index contributed by atoms with van der Waals surface area (Å²) in [5.74, 6) is -0.449. The predicted octanol–water partition coefficient (Wildman–Crippen LogP) is 1.83. The fourth-order valence-corrected chi connectivity index (χ4v) is 2.56. The lowest BCUT2D eigenvalue weighted by Crippen LogP contribution is -2.30. The van der Waals surface area contributed by atoms with E-state index in [4.69, 9.17) is 21.1 Å². The van der Waals surface area contributed by atoms with Crippen molar-refractivity contribution >= 4 is 29.1 Å². The number of nitrogens with zero attached hydrogens (tertiary/aromatic N) is 2. The van der Waals surface area contributed by atoms with E-state index < -0.39 is 11.9 Å². The van der Waals surface area contributed by atoms with Gasteiger partial charge in [0.25, 0.3) is 11.5 Å². The zero-order chi connectivity index (χ0) is 20.1. The summed E-state index contributed by atoms with van der Waals surface area (Å²) in [7, 11) is 1.53. The van der Waals surface area contributed by atoms with Crippen LogP contribution in [0.15, 0.2) is 53.5 Å². The lowest BCUT2D eigenvalue weighted by atomic mass is 10.2. The second-order valence-corrected chi connectivity index (χ2v) is 6.17. The molecule has 0 unspecified atom stereocenters. The van der Waals surface area contributed by atoms with Crippen LogP contribution in [-0.4, -0.2) is 34.9 Å². The maximum Gasteiger partial charge on any atom is 0.325 e. The Morgan fingerprint density at radius 3 is 2.64 bits per heavy atom. The molecule has 2 heterocycles. The monoisotopic (exact) mass is 401 g/mol. The number of aromatic nitrogens is 2. The van der Waals surface area contributed by atoms with Crippen molar-refractivity contribution in [1.29, 1.82) is 0 Å². The highest BCUT2D eigenvalue weighted by atomic mass is 35.5. The van der Waals surface area contributed by atoms with Crippen molar-refractivity contribution in [3.05, 3.63) is 75.3 Å². The lowest BCUT2D eigenvalue weighted by Gasteiger charge is -2.08. The second kappa shape index (κ2) is 8.53. The van der Waals surface area contributed by atoms with Crippen LogP contribution in [0.3, 0.4) is 0 Å². The summed E-state index contributed by atoms with van der Waals surface area (Å²) in [6, 6.07) is 10.9. The van der Waals surface area contributed by atoms with E-state index in [1.54, 1.807) is 36.4 Å². The third-order valence-corrected chi connectivity index (χ3v) is 4.03. The van der Waals surface area contributed by atoms with Crippen molar-refractivity contribution in [3.63, 3.8) is 0 Å². The van der Waals surface area contributed by atoms with Crippen LogP contribution in [0.2, 0.25) is 5.02 Å². The molecule has 2 aromatic heterocycles. The first-order valence-electron chi connectivity index (χ1n) is 8.22. The van der Waals surface area contributed by atoms with Crippen LogP contribution in [0, 0.1) is 0 Å². The van der Waals surface area contributed by atoms with Crippen LogP contribution in [-0.2, 0) is 16.1 Å². The molecule has 0 aliphatic rings. The first kappa shape index (κ1) is 19.4. The van der Waals surface area contributed by atoms with Crippen LogP contribution < -0.4 is 15.6 Å². The molecule has 1 amide bonds. The van der Waals surface area contributed by atoms with Gasteiger partial charge in [0.05, 0.1) is 17.8 Å². The number of carbonyl (C=O) groups excluding carboxylic acids is 2. The average Bonchev–Trinajstić information content (AvgIpc) is 2.71. The number of carbonyl (C=O) groups is 2. The Bertz CT molecular complexity index is 1080. The van der Waals surface area contributed by atoms with Crippen molar-refractivity contribution in [2.24, 2.45) is 0 Å². The van der Waals surface area contributed by atoms with Crippen LogP contribution in [0.4, 0.5) is 0 Å². The Kier molecular flexibility index (Phi) is 5.90. The topological polar surface area (TPSA) is 99.0 Å². The number of pyridine rings is 1. The SMILES string of the molecule is COc1ccc(C(=O)NCC(=O)OCc2cc(=O)n3cc(Cl)ccc3n2)cc1. The van der Waals surface area contributed by atoms with E-state index in [1.807, 2.05) is 0 Å². The van der Waals surface area contributed by atoms with Crippen LogP contribution >= 0.6 is 11.6 Å². The molecule has 0 radical (unpaired) electrons. The minimum absolute atomic E-state index is 0.189. The fourth-order valence-electron chi connectivity index (χ4n) is 2.40. The van der Waals surface area contributed by atoms with Gasteiger partial charge in [0.2, 0.25) is 0 Å². The van der Waals surface area contributed by atoms with Crippen molar-refractivity contribution < 1.29 is 19.1 Å². The standard InChI is InChI=1S/C19H16ClN3O5/c1-27-15-5-2-12(3-6-15)19(26)21-9-18(25)28-11-14-8-17(24)23-10-13(20)4-7-16(23)22-14/h2-8,10H,9,11H2,1H3,(H,21,26). The van der Waals surface area contributed by atoms with Gasteiger partial charge in [-0.2, -0.15) is 0 Å². The van der Waals surface area contributed by atoms with E-state index in [-0.39, 0.29) is 18.7 Å². The highest BCUT2D eigenvalue weighted by molar-refractivity contribution is 6.30. The maximum atomic E-state index is 12.1. The van der Waals surface area contributed by atoms with E-state index >= 15 is 0 Å². The average molecular weight is 402 g/mol. The summed E-state index contributed by atoms with van der Waals surface area (Å²) < 4.78 is 11.4. The number of halogens is 1. The molecule has 28 heavy (non-hydrogen) atoms. The molecule has 0 fully saturated rings. The van der Waals surface area contributed by atoms with Gasteiger partial charge in [-0.3, -0.25) is 18.8 Å². The lowest BCUT2D eigenvalue weighted by molar-refractivity contribution is -0.143. The van der Waals surface area contributed by atoms with E-state index in [0.29, 0.717) is 27.7 Å². The molecule has 0 atom stereocenters. The van der Waals surface area contributed by atoms with E-state index in [2.05, 4.69) is 10.3 Å². The van der Waals surface area contributed by atoms with Crippen LogP contribution in [0.1, 0.15) is 16.1 Å². The molecular weight excluding hydrogens is 386 g/mol. The molecule has 1 N–H and O–H groups in total. The zero-order valence-corrected chi connectivity index (χ0v) is 15.6. The Morgan fingerprint density at radius 2 is 1.93 bits per heavy atom. The number of benzene rings is 1. The highest BCUT2D eigenvalue weighted by Crippen LogP contribution is 2.11. The van der Waals surface area contributed by atoms with E-state index in [0.717, 1.165) is 0 Å². The number of ether oxygens (including phenoxy) is 2. The van der Waals surface area contributed by atoms with Gasteiger partial charge in [0.1, 0.15) is 24.5 Å². The molecule has 3 aromatic rings. The molecule has 0 saturated carbocycles. The molecular formula is C19H16ClN3O5. The first-order valence-corrected chi connectivity index (χ1v) is 8.60. The molecule has 0 spiro atoms. The third kappa shape index (κ3) is 4.66. The summed E-state index contributed by atoms with van der Waals surface area (Å²) in [5.41, 5.74) is 0.723. The summed E-state index contributed by atoms with van der Waals surface area (Å²) in [4.78, 5) is 40.2. The van der Waals surface area contributed by atoms with E-state index in [1.165, 1.54) is 23.8 Å². The zero-order valence-electron chi connectivity index (χ0n) is 14.8. The number of nitrogens with one attached hydrogen (secondary N) is 1. The number of esters is 1. The number of fused-ring (bicyclic) bond motifs is 1. The number of amides is 1. The van der Waals surface area contributed by atoms with Gasteiger partial charge in [0, 0.05) is 17.8 Å². The molecule has 144 valence electrons. The Labute approximate surface area is 164 Å². The molecule has 9 heteroatoms. The highest BCUT2D eigenvalue weighted by Gasteiger charge is 2.10. The summed E-state index contributed by atoms with van der Waals surface area (Å²) in [6.45, 7) is -0.501. The fraction of sp³-hybridized carbons (Fsp3) is 0.158. The van der Waals surface area contributed by atoms with Crippen LogP contribution in [0.25, 0.3) is 5.65 Å². The summed E-state index contributed by atoms with van der Waals surface area (Å²) in [5, 5.41) is 2.87. The summed E-state index contributed by atoms with van der Waals surface area (Å²) in [6.07, 6.45) is 1.46. The number of methoxy groups -OCH3 is 1. The van der Waals surface area contributed by atoms with Gasteiger partial charge < -0.3 is 14.8 Å². The molecule has 0 aliphatic heterocycles. The molecule has 0 bridgehead atoms. The number of hydrogen-bond donors (Lipinski definition) is 1. The van der Waals surface area contributed by atoms with Crippen molar-refractivity contribution in [2.45, 2.75) is 6.61 Å². The smallest absolute Gasteiger partial charge is 0.325 e. The predicted molar refractivity (Wildman–Crippen MR) is 102 cm³/mol. The quantitative estimate of drug-likeness (QED) is 0.633. The normalized spacial score (nSPS) is 10.5. The number of hydrogen-bond acceptors (Lipinski definition) is 6. The Morgan fingerprint density at radius 1 is 1.18 bits per heavy atom. The maximum absolute atomic E-state index is 12.1. The third-order valence-electron chi connectivity index (χ3n) is 3.80. The van der Waals surface area contributed by atoms with E-state index in [9.17, 15) is 14.4 Å². The van der Waals surface area contributed by atoms with Crippen molar-refractivity contribution in [3.8, 4) is 5.75 Å². The Hall–Kier alpha value is -3.39. The Balaban J connectivity index is 1.55. The molecule has 1 aromatic carbocycles. The molecule has 0 aliphatic carbocycles. The van der Waals surface area contributed by atoms with Gasteiger partial charge >= 0.3 is 5.97 Å². The van der Waals surface area contributed by atoms with Crippen molar-refractivity contribution in [2.75, 3.05) is 13.7 Å². The molecule has 0 saturated heterocycles. The minimum atomic E-state index is -0.653. The second-order valence-electron chi connectivity index (χ2n) is 5.73. The van der Waals surface area contributed by atoms with Gasteiger partial charge in [-0.25, -0.2) is 4.98 Å². The van der Waals surface area contributed by atoms with Gasteiger partial charge in [-0.15, -0.1) is 0 Å². The first-order chi connectivity index (χ1) is 13.5. The largest absolute Gasteiger partial charge is 0.497 e. The van der Waals surface area contributed by atoms with Crippen molar-refractivity contribution in [1.82, 2.24) is 14.7 Å².